The molecule has 0 saturated heterocycles. The molecule has 0 amide bonds. The van der Waals surface area contributed by atoms with Crippen molar-refractivity contribution in [1.29, 1.82) is 0 Å². The summed E-state index contributed by atoms with van der Waals surface area (Å²) in [5.41, 5.74) is 3.68. The number of rotatable bonds is 4. The quantitative estimate of drug-likeness (QED) is 0.677. The first-order valence-electron chi connectivity index (χ1n) is 8.55. The highest BCUT2D eigenvalue weighted by molar-refractivity contribution is 7.71. The SMILES string of the molecule is COc1ccc(Cl)cc1-c1nc(=S)n(C[NH+]2CCc3ccccc3C2)[nH]1. The molecule has 1 atom stereocenters. The van der Waals surface area contributed by atoms with E-state index in [0.29, 0.717) is 21.4 Å². The lowest BCUT2D eigenvalue weighted by atomic mass is 10.0. The highest BCUT2D eigenvalue weighted by Gasteiger charge is 2.20. The summed E-state index contributed by atoms with van der Waals surface area (Å²) in [6, 6.07) is 14.1. The number of H-pyrrole nitrogens is 1. The third kappa shape index (κ3) is 3.40. The lowest BCUT2D eigenvalue weighted by Crippen LogP contribution is -3.11. The zero-order chi connectivity index (χ0) is 18.1. The van der Waals surface area contributed by atoms with Crippen LogP contribution in [0, 0.1) is 4.77 Å². The van der Waals surface area contributed by atoms with Gasteiger partial charge in [-0.1, -0.05) is 35.9 Å². The standard InChI is InChI=1S/C19H19ClN4OS/c1-25-17-7-6-15(20)10-16(17)18-21-19(26)24(22-18)12-23-9-8-13-4-2-3-5-14(13)11-23/h2-7,10H,8-9,11-12H2,1H3,(H,21,22,26)/p+1. The maximum atomic E-state index is 6.14. The Kier molecular flexibility index (Phi) is 4.80. The Bertz CT molecular complexity index is 997. The zero-order valence-corrected chi connectivity index (χ0v) is 16.0. The van der Waals surface area contributed by atoms with Gasteiger partial charge >= 0.3 is 0 Å². The molecule has 0 bridgehead atoms. The van der Waals surface area contributed by atoms with Gasteiger partial charge in [-0.25, -0.2) is 4.68 Å². The van der Waals surface area contributed by atoms with Crippen LogP contribution in [0.1, 0.15) is 11.1 Å². The summed E-state index contributed by atoms with van der Waals surface area (Å²) >= 11 is 11.6. The third-order valence-corrected chi connectivity index (χ3v) is 5.33. The molecule has 0 spiro atoms. The minimum Gasteiger partial charge on any atom is -0.496 e. The van der Waals surface area contributed by atoms with Crippen LogP contribution in [0.2, 0.25) is 5.02 Å². The molecule has 2 aromatic carbocycles. The first kappa shape index (κ1) is 17.3. The van der Waals surface area contributed by atoms with Gasteiger partial charge in [0, 0.05) is 17.0 Å². The van der Waals surface area contributed by atoms with Crippen molar-refractivity contribution in [2.24, 2.45) is 0 Å². The van der Waals surface area contributed by atoms with Crippen molar-refractivity contribution in [2.45, 2.75) is 19.6 Å². The molecule has 0 radical (unpaired) electrons. The van der Waals surface area contributed by atoms with Crippen LogP contribution in [0.25, 0.3) is 11.4 Å². The van der Waals surface area contributed by atoms with Crippen LogP contribution in [0.4, 0.5) is 0 Å². The van der Waals surface area contributed by atoms with Gasteiger partial charge in [-0.2, -0.15) is 4.98 Å². The van der Waals surface area contributed by atoms with Gasteiger partial charge in [-0.3, -0.25) is 5.10 Å². The van der Waals surface area contributed by atoms with Crippen LogP contribution >= 0.6 is 23.8 Å². The molecular weight excluding hydrogens is 368 g/mol. The number of quaternary nitrogens is 1. The summed E-state index contributed by atoms with van der Waals surface area (Å²) in [5.74, 6) is 1.38. The molecule has 2 N–H and O–H groups in total. The number of methoxy groups -OCH3 is 1. The summed E-state index contributed by atoms with van der Waals surface area (Å²) in [6.45, 7) is 2.82. The average molecular weight is 388 g/mol. The first-order chi connectivity index (χ1) is 12.6. The Morgan fingerprint density at radius 2 is 2.08 bits per heavy atom. The number of hydrogen-bond acceptors (Lipinski definition) is 3. The van der Waals surface area contributed by atoms with Crippen LogP contribution in [0.3, 0.4) is 0 Å². The summed E-state index contributed by atoms with van der Waals surface area (Å²) in [7, 11) is 1.63. The average Bonchev–Trinajstić information content (AvgIpc) is 3.02. The Balaban J connectivity index is 1.59. The molecule has 1 aliphatic heterocycles. The largest absolute Gasteiger partial charge is 0.496 e. The van der Waals surface area contributed by atoms with E-state index in [1.54, 1.807) is 13.2 Å². The molecule has 0 saturated carbocycles. The molecule has 1 aromatic heterocycles. The maximum absolute atomic E-state index is 6.14. The smallest absolute Gasteiger partial charge is 0.221 e. The van der Waals surface area contributed by atoms with E-state index in [0.717, 1.165) is 31.7 Å². The predicted molar refractivity (Wildman–Crippen MR) is 104 cm³/mol. The van der Waals surface area contributed by atoms with Crippen molar-refractivity contribution in [2.75, 3.05) is 13.7 Å². The predicted octanol–water partition coefficient (Wildman–Crippen LogP) is 2.87. The second kappa shape index (κ2) is 7.23. The van der Waals surface area contributed by atoms with Gasteiger partial charge < -0.3 is 9.64 Å². The van der Waals surface area contributed by atoms with Crippen LogP contribution in [-0.2, 0) is 19.6 Å². The van der Waals surface area contributed by atoms with E-state index in [2.05, 4.69) is 34.3 Å². The number of halogens is 1. The van der Waals surface area contributed by atoms with Crippen LogP contribution in [-0.4, -0.2) is 28.4 Å². The number of aromatic amines is 1. The van der Waals surface area contributed by atoms with Gasteiger partial charge in [0.15, 0.2) is 12.5 Å². The molecule has 4 rings (SSSR count). The summed E-state index contributed by atoms with van der Waals surface area (Å²) in [6.07, 6.45) is 1.09. The molecule has 2 heterocycles. The Hall–Kier alpha value is -2.15. The molecule has 26 heavy (non-hydrogen) atoms. The topological polar surface area (TPSA) is 47.3 Å². The zero-order valence-electron chi connectivity index (χ0n) is 14.5. The van der Waals surface area contributed by atoms with Crippen molar-refractivity contribution in [1.82, 2.24) is 14.8 Å². The Morgan fingerprint density at radius 1 is 1.27 bits per heavy atom. The molecule has 0 aliphatic carbocycles. The lowest BCUT2D eigenvalue weighted by molar-refractivity contribution is -0.939. The molecule has 1 unspecified atom stereocenters. The van der Waals surface area contributed by atoms with Crippen molar-refractivity contribution in [3.8, 4) is 17.1 Å². The number of nitrogens with one attached hydrogen (secondary N) is 2. The molecule has 0 fully saturated rings. The molecule has 3 aromatic rings. The second-order valence-corrected chi connectivity index (χ2v) is 7.28. The number of fused-ring (bicyclic) bond motifs is 1. The number of ether oxygens (including phenoxy) is 1. The van der Waals surface area contributed by atoms with E-state index >= 15 is 0 Å². The maximum Gasteiger partial charge on any atom is 0.221 e. The summed E-state index contributed by atoms with van der Waals surface area (Å²) in [5, 5.41) is 3.95. The van der Waals surface area contributed by atoms with E-state index in [-0.39, 0.29) is 0 Å². The van der Waals surface area contributed by atoms with E-state index in [9.17, 15) is 0 Å². The fourth-order valence-electron chi connectivity index (χ4n) is 3.45. The van der Waals surface area contributed by atoms with Gasteiger partial charge in [0.05, 0.1) is 19.2 Å². The second-order valence-electron chi connectivity index (χ2n) is 6.48. The Morgan fingerprint density at radius 3 is 2.88 bits per heavy atom. The van der Waals surface area contributed by atoms with Crippen molar-refractivity contribution in [3.63, 3.8) is 0 Å². The van der Waals surface area contributed by atoms with E-state index in [4.69, 9.17) is 28.6 Å². The first-order valence-corrected chi connectivity index (χ1v) is 9.34. The number of hydrogen-bond donors (Lipinski definition) is 2. The molecular formula is C19H20ClN4OS+. The molecule has 1 aliphatic rings. The van der Waals surface area contributed by atoms with E-state index in [1.165, 1.54) is 16.0 Å². The molecule has 7 heteroatoms. The van der Waals surface area contributed by atoms with Crippen LogP contribution in [0.15, 0.2) is 42.5 Å². The van der Waals surface area contributed by atoms with E-state index in [1.807, 2.05) is 16.8 Å². The minimum absolute atomic E-state index is 0.536. The summed E-state index contributed by atoms with van der Waals surface area (Å²) in [4.78, 5) is 5.96. The number of benzene rings is 2. The number of aromatic nitrogens is 3. The highest BCUT2D eigenvalue weighted by Crippen LogP contribution is 2.30. The molecule has 134 valence electrons. The molecule has 5 nitrogen and oxygen atoms in total. The Labute approximate surface area is 162 Å². The third-order valence-electron chi connectivity index (χ3n) is 4.78. The van der Waals surface area contributed by atoms with Crippen molar-refractivity contribution in [3.05, 3.63) is 63.4 Å². The van der Waals surface area contributed by atoms with Gasteiger partial charge in [0.1, 0.15) is 12.3 Å². The summed E-state index contributed by atoms with van der Waals surface area (Å²) < 4.78 is 7.89. The van der Waals surface area contributed by atoms with Gasteiger partial charge in [-0.05, 0) is 36.0 Å². The fourth-order valence-corrected chi connectivity index (χ4v) is 3.82. The van der Waals surface area contributed by atoms with Gasteiger partial charge in [0.25, 0.3) is 0 Å². The lowest BCUT2D eigenvalue weighted by Gasteiger charge is -2.25. The minimum atomic E-state index is 0.536. The van der Waals surface area contributed by atoms with Crippen molar-refractivity contribution >= 4 is 23.8 Å². The normalized spacial score (nSPS) is 16.3. The van der Waals surface area contributed by atoms with E-state index < -0.39 is 0 Å². The van der Waals surface area contributed by atoms with Gasteiger partial charge in [0.2, 0.25) is 4.77 Å². The van der Waals surface area contributed by atoms with Crippen LogP contribution in [0.5, 0.6) is 5.75 Å². The van der Waals surface area contributed by atoms with Gasteiger partial charge in [-0.15, -0.1) is 0 Å². The van der Waals surface area contributed by atoms with Crippen molar-refractivity contribution < 1.29 is 9.64 Å². The monoisotopic (exact) mass is 387 g/mol. The van der Waals surface area contributed by atoms with Crippen LogP contribution < -0.4 is 9.64 Å². The fraction of sp³-hybridized carbons (Fsp3) is 0.263. The number of nitrogens with zero attached hydrogens (tertiary/aromatic N) is 2. The highest BCUT2D eigenvalue weighted by atomic mass is 35.5.